The Labute approximate surface area is 164 Å². The van der Waals surface area contributed by atoms with Gasteiger partial charge >= 0.3 is 0 Å². The minimum atomic E-state index is 0.0316. The summed E-state index contributed by atoms with van der Waals surface area (Å²) < 4.78 is 0. The number of aromatic nitrogens is 2. The summed E-state index contributed by atoms with van der Waals surface area (Å²) in [5.74, 6) is 0.425. The maximum Gasteiger partial charge on any atom is 0.0687 e. The van der Waals surface area contributed by atoms with Crippen LogP contribution < -0.4 is 0 Å². The number of nitrogens with zero attached hydrogens (tertiary/aromatic N) is 2. The van der Waals surface area contributed by atoms with Gasteiger partial charge in [0.05, 0.1) is 11.4 Å². The zero-order valence-corrected chi connectivity index (χ0v) is 18.9. The molecule has 0 N–H and O–H groups in total. The highest BCUT2D eigenvalue weighted by atomic mass is 32.1. The molecule has 0 unspecified atom stereocenters. The molecule has 2 aromatic heterocycles. The first-order valence-corrected chi connectivity index (χ1v) is 10.6. The van der Waals surface area contributed by atoms with Crippen molar-refractivity contribution in [3.8, 4) is 0 Å². The quantitative estimate of drug-likeness (QED) is 0.546. The van der Waals surface area contributed by atoms with E-state index in [-0.39, 0.29) is 16.2 Å². The van der Waals surface area contributed by atoms with Gasteiger partial charge < -0.3 is 0 Å². The third-order valence-electron chi connectivity index (χ3n) is 5.36. The molecule has 144 valence electrons. The molecule has 0 aromatic carbocycles. The van der Waals surface area contributed by atoms with Gasteiger partial charge in [0.2, 0.25) is 0 Å². The van der Waals surface area contributed by atoms with Crippen molar-refractivity contribution in [3.05, 3.63) is 45.4 Å². The molecule has 0 saturated heterocycles. The summed E-state index contributed by atoms with van der Waals surface area (Å²) >= 11 is 1.97. The molecule has 2 heterocycles. The van der Waals surface area contributed by atoms with Crippen molar-refractivity contribution < 1.29 is 0 Å². The lowest BCUT2D eigenvalue weighted by molar-refractivity contribution is 0.370. The van der Waals surface area contributed by atoms with Crippen molar-refractivity contribution in [2.75, 3.05) is 0 Å². The van der Waals surface area contributed by atoms with Gasteiger partial charge in [-0.1, -0.05) is 62.3 Å². The third-order valence-corrected chi connectivity index (χ3v) is 7.23. The smallest absolute Gasteiger partial charge is 0.0687 e. The van der Waals surface area contributed by atoms with E-state index in [9.17, 15) is 0 Å². The molecule has 0 bridgehead atoms. The first-order valence-electron chi connectivity index (χ1n) is 9.78. The van der Waals surface area contributed by atoms with Gasteiger partial charge in [0.25, 0.3) is 0 Å². The van der Waals surface area contributed by atoms with Gasteiger partial charge in [0, 0.05) is 15.2 Å². The summed E-state index contributed by atoms with van der Waals surface area (Å²) in [5, 5.41) is 8.96. The standard InChI is InChI=1S/C23H36N2S/c1-16(2)17-10-11-18(25-24-17)22(6,7)14-15-23(8,9)20-13-12-19(26-20)21(3,4)5/h10-13,16H,14-15H2,1-9H3. The Bertz CT molecular complexity index is 715. The normalized spacial score (nSPS) is 13.5. The summed E-state index contributed by atoms with van der Waals surface area (Å²) in [6.45, 7) is 20.5. The summed E-state index contributed by atoms with van der Waals surface area (Å²) in [7, 11) is 0. The van der Waals surface area contributed by atoms with Crippen LogP contribution in [-0.4, -0.2) is 10.2 Å². The van der Waals surface area contributed by atoms with Crippen LogP contribution in [-0.2, 0) is 16.2 Å². The molecule has 2 aromatic rings. The lowest BCUT2D eigenvalue weighted by Crippen LogP contribution is -2.25. The van der Waals surface area contributed by atoms with Gasteiger partial charge in [-0.15, -0.1) is 11.3 Å². The predicted molar refractivity (Wildman–Crippen MR) is 114 cm³/mol. The van der Waals surface area contributed by atoms with E-state index < -0.39 is 0 Å². The lowest BCUT2D eigenvalue weighted by Gasteiger charge is -2.30. The Kier molecular flexibility index (Phi) is 6.02. The van der Waals surface area contributed by atoms with Crippen LogP contribution in [0, 0.1) is 0 Å². The first kappa shape index (κ1) is 21.1. The van der Waals surface area contributed by atoms with E-state index in [0.29, 0.717) is 5.92 Å². The van der Waals surface area contributed by atoms with Crippen LogP contribution in [0.2, 0.25) is 0 Å². The molecule has 0 aliphatic carbocycles. The van der Waals surface area contributed by atoms with Gasteiger partial charge in [-0.3, -0.25) is 0 Å². The van der Waals surface area contributed by atoms with Crippen LogP contribution in [0.5, 0.6) is 0 Å². The monoisotopic (exact) mass is 372 g/mol. The molecule has 2 rings (SSSR count). The predicted octanol–water partition coefficient (Wildman–Crippen LogP) is 6.99. The largest absolute Gasteiger partial charge is 0.155 e. The fourth-order valence-corrected chi connectivity index (χ4v) is 4.19. The van der Waals surface area contributed by atoms with Crippen molar-refractivity contribution >= 4 is 11.3 Å². The average molecular weight is 373 g/mol. The van der Waals surface area contributed by atoms with Crippen LogP contribution in [0.15, 0.2) is 24.3 Å². The number of thiophene rings is 1. The topological polar surface area (TPSA) is 25.8 Å². The van der Waals surface area contributed by atoms with Gasteiger partial charge in [-0.05, 0) is 53.9 Å². The van der Waals surface area contributed by atoms with Crippen molar-refractivity contribution in [2.45, 2.75) is 97.3 Å². The van der Waals surface area contributed by atoms with E-state index >= 15 is 0 Å². The van der Waals surface area contributed by atoms with E-state index in [2.05, 4.69) is 96.8 Å². The van der Waals surface area contributed by atoms with Crippen LogP contribution in [0.4, 0.5) is 0 Å². The molecule has 0 amide bonds. The van der Waals surface area contributed by atoms with Crippen molar-refractivity contribution in [1.82, 2.24) is 10.2 Å². The third kappa shape index (κ3) is 4.94. The Morgan fingerprint density at radius 2 is 1.35 bits per heavy atom. The first-order chi connectivity index (χ1) is 11.8. The second-order valence-electron chi connectivity index (χ2n) is 10.2. The second kappa shape index (κ2) is 7.42. The Morgan fingerprint density at radius 1 is 0.769 bits per heavy atom. The zero-order chi connectivity index (χ0) is 19.8. The van der Waals surface area contributed by atoms with Gasteiger partial charge in [0.1, 0.15) is 0 Å². The number of rotatable bonds is 6. The molecule has 0 saturated carbocycles. The fraction of sp³-hybridized carbons (Fsp3) is 0.652. The van der Waals surface area contributed by atoms with Crippen molar-refractivity contribution in [2.24, 2.45) is 0 Å². The zero-order valence-electron chi connectivity index (χ0n) is 18.1. The molecule has 3 heteroatoms. The number of hydrogen-bond acceptors (Lipinski definition) is 3. The second-order valence-corrected chi connectivity index (χ2v) is 11.3. The highest BCUT2D eigenvalue weighted by molar-refractivity contribution is 7.12. The molecular weight excluding hydrogens is 336 g/mol. The average Bonchev–Trinajstić information content (AvgIpc) is 3.04. The Hall–Kier alpha value is -1.22. The van der Waals surface area contributed by atoms with Crippen LogP contribution in [0.1, 0.15) is 102 Å². The molecule has 0 atom stereocenters. The summed E-state index contributed by atoms with van der Waals surface area (Å²) in [5.41, 5.74) is 2.60. The maximum absolute atomic E-state index is 4.53. The molecule has 0 aliphatic rings. The van der Waals surface area contributed by atoms with E-state index in [0.717, 1.165) is 24.2 Å². The Morgan fingerprint density at radius 3 is 1.81 bits per heavy atom. The molecule has 0 aliphatic heterocycles. The molecule has 0 spiro atoms. The van der Waals surface area contributed by atoms with Gasteiger partial charge in [-0.25, -0.2) is 0 Å². The molecule has 0 fully saturated rings. The van der Waals surface area contributed by atoms with E-state index in [1.165, 1.54) is 9.75 Å². The van der Waals surface area contributed by atoms with E-state index in [4.69, 9.17) is 0 Å². The summed E-state index contributed by atoms with van der Waals surface area (Å²) in [4.78, 5) is 2.95. The van der Waals surface area contributed by atoms with Crippen molar-refractivity contribution in [3.63, 3.8) is 0 Å². The minimum absolute atomic E-state index is 0.0316. The summed E-state index contributed by atoms with van der Waals surface area (Å²) in [6.07, 6.45) is 2.23. The number of hydrogen-bond donors (Lipinski definition) is 0. The lowest BCUT2D eigenvalue weighted by atomic mass is 9.76. The molecular formula is C23H36N2S. The highest BCUT2D eigenvalue weighted by Gasteiger charge is 2.30. The molecule has 0 radical (unpaired) electrons. The SMILES string of the molecule is CC(C)c1ccc(C(C)(C)CCC(C)(C)c2ccc(C(C)(C)C)s2)nn1. The fourth-order valence-electron chi connectivity index (χ4n) is 2.99. The maximum atomic E-state index is 4.53. The highest BCUT2D eigenvalue weighted by Crippen LogP contribution is 2.40. The molecule has 2 nitrogen and oxygen atoms in total. The Balaban J connectivity index is 2.10. The minimum Gasteiger partial charge on any atom is -0.155 e. The van der Waals surface area contributed by atoms with Gasteiger partial charge in [0.15, 0.2) is 0 Å². The van der Waals surface area contributed by atoms with Crippen LogP contribution >= 0.6 is 11.3 Å². The van der Waals surface area contributed by atoms with Gasteiger partial charge in [-0.2, -0.15) is 10.2 Å². The molecule has 26 heavy (non-hydrogen) atoms. The summed E-state index contributed by atoms with van der Waals surface area (Å²) in [6, 6.07) is 8.94. The van der Waals surface area contributed by atoms with Crippen LogP contribution in [0.25, 0.3) is 0 Å². The van der Waals surface area contributed by atoms with Crippen molar-refractivity contribution in [1.29, 1.82) is 0 Å². The van der Waals surface area contributed by atoms with E-state index in [1.807, 2.05) is 11.3 Å². The van der Waals surface area contributed by atoms with Crippen LogP contribution in [0.3, 0.4) is 0 Å². The van der Waals surface area contributed by atoms with E-state index in [1.54, 1.807) is 0 Å².